The van der Waals surface area contributed by atoms with Crippen molar-refractivity contribution in [1.29, 1.82) is 0 Å². The lowest BCUT2D eigenvalue weighted by molar-refractivity contribution is 0.224. The summed E-state index contributed by atoms with van der Waals surface area (Å²) in [5.74, 6) is 0.696. The van der Waals surface area contributed by atoms with Crippen molar-refractivity contribution in [3.8, 4) is 0 Å². The molecule has 0 radical (unpaired) electrons. The van der Waals surface area contributed by atoms with Crippen molar-refractivity contribution in [3.63, 3.8) is 0 Å². The maximum Gasteiger partial charge on any atom is 0.0202 e. The van der Waals surface area contributed by atoms with Crippen LogP contribution in [0.1, 0.15) is 53.9 Å². The topological polar surface area (TPSA) is 26.0 Å². The lowest BCUT2D eigenvalue weighted by Gasteiger charge is -2.42. The first-order chi connectivity index (χ1) is 6.22. The summed E-state index contributed by atoms with van der Waals surface area (Å²) in [4.78, 5) is 0. The number of hydrogen-bond donors (Lipinski definition) is 1. The van der Waals surface area contributed by atoms with E-state index < -0.39 is 0 Å². The van der Waals surface area contributed by atoms with Gasteiger partial charge in [0.25, 0.3) is 0 Å². The van der Waals surface area contributed by atoms with E-state index in [1.165, 1.54) is 5.57 Å². The highest BCUT2D eigenvalue weighted by Gasteiger charge is 2.36. The highest BCUT2D eigenvalue weighted by Crippen LogP contribution is 2.40. The molecule has 1 rings (SSSR count). The Morgan fingerprint density at radius 1 is 1.43 bits per heavy atom. The molecule has 0 aromatic carbocycles. The van der Waals surface area contributed by atoms with Gasteiger partial charge in [0.1, 0.15) is 0 Å². The van der Waals surface area contributed by atoms with Gasteiger partial charge in [-0.05, 0) is 37.5 Å². The Balaban J connectivity index is 2.79. The number of allylic oxidation sites excluding steroid dienone is 1. The highest BCUT2D eigenvalue weighted by molar-refractivity contribution is 5.17. The van der Waals surface area contributed by atoms with Crippen molar-refractivity contribution in [1.82, 2.24) is 0 Å². The Hall–Kier alpha value is -0.300. The minimum atomic E-state index is 0.0382. The zero-order chi connectivity index (χ0) is 11.0. The lowest BCUT2D eigenvalue weighted by Crippen LogP contribution is -2.46. The van der Waals surface area contributed by atoms with Gasteiger partial charge in [0, 0.05) is 5.54 Å². The van der Waals surface area contributed by atoms with Gasteiger partial charge < -0.3 is 5.73 Å². The van der Waals surface area contributed by atoms with Gasteiger partial charge >= 0.3 is 0 Å². The first kappa shape index (κ1) is 11.8. The Morgan fingerprint density at radius 2 is 2.00 bits per heavy atom. The van der Waals surface area contributed by atoms with Crippen LogP contribution in [0.15, 0.2) is 11.6 Å². The van der Waals surface area contributed by atoms with E-state index in [9.17, 15) is 0 Å². The van der Waals surface area contributed by atoms with Crippen molar-refractivity contribution < 1.29 is 0 Å². The third kappa shape index (κ3) is 3.13. The summed E-state index contributed by atoms with van der Waals surface area (Å²) >= 11 is 0. The second-order valence-electron chi connectivity index (χ2n) is 6.29. The molecule has 1 unspecified atom stereocenters. The van der Waals surface area contributed by atoms with E-state index in [-0.39, 0.29) is 11.0 Å². The zero-order valence-electron chi connectivity index (χ0n) is 10.4. The molecule has 2 N–H and O–H groups in total. The second-order valence-corrected chi connectivity index (χ2v) is 6.29. The van der Waals surface area contributed by atoms with Crippen LogP contribution in [-0.2, 0) is 0 Å². The maximum absolute atomic E-state index is 6.49. The quantitative estimate of drug-likeness (QED) is 0.671. The van der Waals surface area contributed by atoms with Gasteiger partial charge in [0.15, 0.2) is 0 Å². The van der Waals surface area contributed by atoms with Crippen molar-refractivity contribution in [2.45, 2.75) is 59.4 Å². The molecular formula is C13H25N. The molecule has 1 atom stereocenters. The monoisotopic (exact) mass is 195 g/mol. The van der Waals surface area contributed by atoms with Crippen LogP contribution >= 0.6 is 0 Å². The molecule has 1 aliphatic carbocycles. The molecule has 0 bridgehead atoms. The van der Waals surface area contributed by atoms with Gasteiger partial charge in [-0.25, -0.2) is 0 Å². The summed E-state index contributed by atoms with van der Waals surface area (Å²) in [6, 6.07) is 0. The van der Waals surface area contributed by atoms with Gasteiger partial charge in [-0.1, -0.05) is 39.3 Å². The van der Waals surface area contributed by atoms with Crippen molar-refractivity contribution in [3.05, 3.63) is 11.6 Å². The van der Waals surface area contributed by atoms with Crippen LogP contribution < -0.4 is 5.73 Å². The van der Waals surface area contributed by atoms with E-state index in [1.807, 2.05) is 0 Å². The molecule has 0 saturated carbocycles. The highest BCUT2D eigenvalue weighted by atomic mass is 14.8. The van der Waals surface area contributed by atoms with Crippen LogP contribution in [0.2, 0.25) is 0 Å². The summed E-state index contributed by atoms with van der Waals surface area (Å²) in [5, 5.41) is 0. The van der Waals surface area contributed by atoms with Gasteiger partial charge in [-0.2, -0.15) is 0 Å². The molecule has 0 fully saturated rings. The molecule has 14 heavy (non-hydrogen) atoms. The fourth-order valence-electron chi connectivity index (χ4n) is 3.25. The molecule has 0 amide bonds. The predicted octanol–water partition coefficient (Wildman–Crippen LogP) is 3.50. The molecule has 82 valence electrons. The molecule has 1 nitrogen and oxygen atoms in total. The third-order valence-electron chi connectivity index (χ3n) is 2.89. The van der Waals surface area contributed by atoms with E-state index in [0.717, 1.165) is 19.3 Å². The molecule has 0 aliphatic heterocycles. The molecule has 0 aromatic heterocycles. The summed E-state index contributed by atoms with van der Waals surface area (Å²) < 4.78 is 0. The summed E-state index contributed by atoms with van der Waals surface area (Å²) in [7, 11) is 0. The minimum absolute atomic E-state index is 0.0382. The minimum Gasteiger partial charge on any atom is -0.325 e. The van der Waals surface area contributed by atoms with Crippen LogP contribution in [-0.4, -0.2) is 5.54 Å². The van der Waals surface area contributed by atoms with Crippen LogP contribution in [0, 0.1) is 11.3 Å². The van der Waals surface area contributed by atoms with Gasteiger partial charge in [0.05, 0.1) is 0 Å². The van der Waals surface area contributed by atoms with Crippen LogP contribution in [0.5, 0.6) is 0 Å². The predicted molar refractivity (Wildman–Crippen MR) is 63.1 cm³/mol. The molecule has 1 heteroatoms. The first-order valence-corrected chi connectivity index (χ1v) is 5.70. The van der Waals surface area contributed by atoms with Crippen molar-refractivity contribution in [2.75, 3.05) is 0 Å². The number of nitrogens with two attached hydrogens (primary N) is 1. The van der Waals surface area contributed by atoms with E-state index in [0.29, 0.717) is 5.92 Å². The van der Waals surface area contributed by atoms with E-state index in [1.54, 1.807) is 0 Å². The molecule has 0 aromatic rings. The Kier molecular flexibility index (Phi) is 3.10. The Morgan fingerprint density at radius 3 is 2.43 bits per heavy atom. The fraction of sp³-hybridized carbons (Fsp3) is 0.846. The van der Waals surface area contributed by atoms with Crippen molar-refractivity contribution in [2.24, 2.45) is 17.1 Å². The first-order valence-electron chi connectivity index (χ1n) is 5.70. The van der Waals surface area contributed by atoms with Gasteiger partial charge in [0.2, 0.25) is 0 Å². The third-order valence-corrected chi connectivity index (χ3v) is 2.89. The van der Waals surface area contributed by atoms with E-state index >= 15 is 0 Å². The van der Waals surface area contributed by atoms with Gasteiger partial charge in [-0.3, -0.25) is 0 Å². The SMILES string of the molecule is CC1=CC(C)(C)CC(N)(CC(C)C)C1. The standard InChI is InChI=1S/C13H25N/c1-10(2)6-13(14)8-11(3)7-12(4,5)9-13/h7,10H,6,8-9,14H2,1-5H3. The van der Waals surface area contributed by atoms with Crippen molar-refractivity contribution >= 4 is 0 Å². The molecule has 0 heterocycles. The number of hydrogen-bond acceptors (Lipinski definition) is 1. The van der Waals surface area contributed by atoms with Crippen LogP contribution in [0.4, 0.5) is 0 Å². The second kappa shape index (κ2) is 3.69. The van der Waals surface area contributed by atoms with E-state index in [2.05, 4.69) is 40.7 Å². The summed E-state index contributed by atoms with van der Waals surface area (Å²) in [5.41, 5.74) is 8.27. The zero-order valence-corrected chi connectivity index (χ0v) is 10.4. The Bertz CT molecular complexity index is 238. The average Bonchev–Trinajstić information content (AvgIpc) is 1.74. The van der Waals surface area contributed by atoms with Crippen LogP contribution in [0.3, 0.4) is 0 Å². The largest absolute Gasteiger partial charge is 0.325 e. The van der Waals surface area contributed by atoms with E-state index in [4.69, 9.17) is 5.73 Å². The molecular weight excluding hydrogens is 170 g/mol. The lowest BCUT2D eigenvalue weighted by atomic mass is 9.68. The summed E-state index contributed by atoms with van der Waals surface area (Å²) in [6.45, 7) is 11.3. The molecule has 1 aliphatic rings. The molecule has 0 spiro atoms. The average molecular weight is 195 g/mol. The smallest absolute Gasteiger partial charge is 0.0202 e. The fourth-order valence-corrected chi connectivity index (χ4v) is 3.25. The maximum atomic E-state index is 6.49. The van der Waals surface area contributed by atoms with Gasteiger partial charge in [-0.15, -0.1) is 0 Å². The molecule has 0 saturated heterocycles. The Labute approximate surface area is 88.8 Å². The number of rotatable bonds is 2. The normalized spacial score (nSPS) is 31.8. The van der Waals surface area contributed by atoms with Crippen LogP contribution in [0.25, 0.3) is 0 Å². The summed E-state index contributed by atoms with van der Waals surface area (Å²) in [6.07, 6.45) is 5.73.